The molecule has 0 aliphatic rings. The van der Waals surface area contributed by atoms with E-state index in [-0.39, 0.29) is 5.84 Å². The maximum absolute atomic E-state index is 7.03. The molecule has 0 bridgehead atoms. The maximum Gasteiger partial charge on any atom is 0.296 e. The molecule has 5 heteroatoms. The van der Waals surface area contributed by atoms with Gasteiger partial charge < -0.3 is 15.1 Å². The fourth-order valence-corrected chi connectivity index (χ4v) is 0.778. The molecule has 0 radical (unpaired) electrons. The standard InChI is InChI=1S/C7H12N4O/c1-11(2)7-10-5(4-12-7)3-6(8)9/h4H,3H2,1-2H3,(H3,8,9). The van der Waals surface area contributed by atoms with Crippen LogP contribution in [-0.2, 0) is 6.42 Å². The van der Waals surface area contributed by atoms with Gasteiger partial charge in [-0.15, -0.1) is 0 Å². The van der Waals surface area contributed by atoms with E-state index in [9.17, 15) is 0 Å². The molecular weight excluding hydrogens is 156 g/mol. The highest BCUT2D eigenvalue weighted by Gasteiger charge is 2.05. The Labute approximate surface area is 70.7 Å². The highest BCUT2D eigenvalue weighted by atomic mass is 16.4. The van der Waals surface area contributed by atoms with Gasteiger partial charge in [-0.25, -0.2) is 0 Å². The van der Waals surface area contributed by atoms with E-state index in [4.69, 9.17) is 15.6 Å². The fraction of sp³-hybridized carbons (Fsp3) is 0.429. The van der Waals surface area contributed by atoms with E-state index in [0.717, 1.165) is 0 Å². The number of nitrogens with two attached hydrogens (primary N) is 1. The highest BCUT2D eigenvalue weighted by molar-refractivity contribution is 5.78. The topological polar surface area (TPSA) is 79.1 Å². The summed E-state index contributed by atoms with van der Waals surface area (Å²) in [6, 6.07) is 0.534. The van der Waals surface area contributed by atoms with Crippen LogP contribution in [0.25, 0.3) is 0 Å². The van der Waals surface area contributed by atoms with Crippen molar-refractivity contribution in [2.24, 2.45) is 5.73 Å². The van der Waals surface area contributed by atoms with Crippen LogP contribution in [0.15, 0.2) is 10.7 Å². The number of aromatic nitrogens is 1. The first-order valence-electron chi connectivity index (χ1n) is 3.54. The Morgan fingerprint density at radius 2 is 2.42 bits per heavy atom. The molecule has 0 saturated carbocycles. The third-order valence-corrected chi connectivity index (χ3v) is 1.29. The zero-order chi connectivity index (χ0) is 9.14. The van der Waals surface area contributed by atoms with Crippen LogP contribution >= 0.6 is 0 Å². The van der Waals surface area contributed by atoms with Crippen molar-refractivity contribution in [1.29, 1.82) is 5.41 Å². The Morgan fingerprint density at radius 1 is 1.75 bits per heavy atom. The van der Waals surface area contributed by atoms with E-state index < -0.39 is 0 Å². The quantitative estimate of drug-likeness (QED) is 0.499. The molecule has 1 aromatic heterocycles. The van der Waals surface area contributed by atoms with Crippen molar-refractivity contribution in [2.75, 3.05) is 19.0 Å². The molecule has 0 aliphatic heterocycles. The molecule has 0 saturated heterocycles. The van der Waals surface area contributed by atoms with Crippen LogP contribution in [0.4, 0.5) is 6.01 Å². The lowest BCUT2D eigenvalue weighted by atomic mass is 10.3. The van der Waals surface area contributed by atoms with Gasteiger partial charge in [0.1, 0.15) is 6.26 Å². The minimum absolute atomic E-state index is 0.0913. The predicted molar refractivity (Wildman–Crippen MR) is 46.4 cm³/mol. The molecule has 1 rings (SSSR count). The Morgan fingerprint density at radius 3 is 2.83 bits per heavy atom. The summed E-state index contributed by atoms with van der Waals surface area (Å²) in [6.45, 7) is 0. The first kappa shape index (κ1) is 8.58. The number of oxazole rings is 1. The van der Waals surface area contributed by atoms with Crippen LogP contribution < -0.4 is 10.6 Å². The van der Waals surface area contributed by atoms with Crippen molar-refractivity contribution in [3.63, 3.8) is 0 Å². The van der Waals surface area contributed by atoms with Gasteiger partial charge in [-0.3, -0.25) is 5.41 Å². The van der Waals surface area contributed by atoms with Crippen molar-refractivity contribution in [2.45, 2.75) is 6.42 Å². The first-order chi connectivity index (χ1) is 5.59. The van der Waals surface area contributed by atoms with E-state index in [0.29, 0.717) is 18.1 Å². The molecule has 1 aromatic rings. The second kappa shape index (κ2) is 3.25. The predicted octanol–water partition coefficient (Wildman–Crippen LogP) is 0.219. The molecule has 0 aliphatic carbocycles. The van der Waals surface area contributed by atoms with Crippen LogP contribution in [0.3, 0.4) is 0 Å². The van der Waals surface area contributed by atoms with Gasteiger partial charge in [-0.1, -0.05) is 0 Å². The third kappa shape index (κ3) is 1.98. The van der Waals surface area contributed by atoms with Crippen molar-refractivity contribution >= 4 is 11.9 Å². The maximum atomic E-state index is 7.03. The molecule has 0 unspecified atom stereocenters. The summed E-state index contributed by atoms with van der Waals surface area (Å²) >= 11 is 0. The number of hydrogen-bond acceptors (Lipinski definition) is 4. The molecule has 0 atom stereocenters. The molecular formula is C7H12N4O. The number of nitrogens with zero attached hydrogens (tertiary/aromatic N) is 2. The number of rotatable bonds is 3. The Kier molecular flexibility index (Phi) is 2.32. The largest absolute Gasteiger partial charge is 0.432 e. The average Bonchev–Trinajstić information content (AvgIpc) is 2.34. The Hall–Kier alpha value is -1.52. The van der Waals surface area contributed by atoms with Gasteiger partial charge >= 0.3 is 0 Å². The van der Waals surface area contributed by atoms with Gasteiger partial charge in [0, 0.05) is 14.1 Å². The minimum Gasteiger partial charge on any atom is -0.432 e. The van der Waals surface area contributed by atoms with E-state index in [1.165, 1.54) is 6.26 Å². The van der Waals surface area contributed by atoms with Crippen LogP contribution in [0.2, 0.25) is 0 Å². The number of hydrogen-bond donors (Lipinski definition) is 2. The summed E-state index contributed by atoms with van der Waals surface area (Å²) in [7, 11) is 3.67. The van der Waals surface area contributed by atoms with E-state index in [1.54, 1.807) is 4.90 Å². The van der Waals surface area contributed by atoms with Gasteiger partial charge in [0.15, 0.2) is 0 Å². The molecule has 66 valence electrons. The Balaban J connectivity index is 2.70. The second-order valence-corrected chi connectivity index (χ2v) is 2.72. The summed E-state index contributed by atoms with van der Waals surface area (Å²) < 4.78 is 5.09. The summed E-state index contributed by atoms with van der Waals surface area (Å²) in [5.74, 6) is 0.0913. The third-order valence-electron chi connectivity index (χ3n) is 1.29. The van der Waals surface area contributed by atoms with E-state index in [1.807, 2.05) is 14.1 Å². The molecule has 5 nitrogen and oxygen atoms in total. The normalized spacial score (nSPS) is 9.83. The number of anilines is 1. The number of amidine groups is 1. The van der Waals surface area contributed by atoms with Crippen LogP contribution in [0.1, 0.15) is 5.69 Å². The minimum atomic E-state index is 0.0913. The van der Waals surface area contributed by atoms with Crippen LogP contribution in [0.5, 0.6) is 0 Å². The summed E-state index contributed by atoms with van der Waals surface area (Å²) in [5.41, 5.74) is 5.88. The molecule has 1 heterocycles. The van der Waals surface area contributed by atoms with Crippen LogP contribution in [-0.4, -0.2) is 24.9 Å². The van der Waals surface area contributed by atoms with Crippen molar-refractivity contribution in [3.8, 4) is 0 Å². The molecule has 3 N–H and O–H groups in total. The van der Waals surface area contributed by atoms with Gasteiger partial charge in [0.25, 0.3) is 6.01 Å². The monoisotopic (exact) mass is 168 g/mol. The van der Waals surface area contributed by atoms with Crippen molar-refractivity contribution < 1.29 is 4.42 Å². The smallest absolute Gasteiger partial charge is 0.296 e. The summed E-state index contributed by atoms with van der Waals surface area (Å²) in [5, 5.41) is 7.03. The molecule has 12 heavy (non-hydrogen) atoms. The highest BCUT2D eigenvalue weighted by Crippen LogP contribution is 2.09. The van der Waals surface area contributed by atoms with Crippen LogP contribution in [0, 0.1) is 5.41 Å². The van der Waals surface area contributed by atoms with Gasteiger partial charge in [-0.05, 0) is 0 Å². The molecule has 0 fully saturated rings. The second-order valence-electron chi connectivity index (χ2n) is 2.72. The molecule has 0 spiro atoms. The lowest BCUT2D eigenvalue weighted by Crippen LogP contribution is -2.13. The lowest BCUT2D eigenvalue weighted by Gasteiger charge is -2.03. The van der Waals surface area contributed by atoms with Crippen molar-refractivity contribution in [1.82, 2.24) is 4.98 Å². The average molecular weight is 168 g/mol. The van der Waals surface area contributed by atoms with Gasteiger partial charge in [0.05, 0.1) is 18.0 Å². The fourth-order valence-electron chi connectivity index (χ4n) is 0.778. The van der Waals surface area contributed by atoms with Gasteiger partial charge in [0.2, 0.25) is 0 Å². The summed E-state index contributed by atoms with van der Waals surface area (Å²) in [6.07, 6.45) is 1.86. The number of nitrogens with one attached hydrogen (secondary N) is 1. The van der Waals surface area contributed by atoms with E-state index >= 15 is 0 Å². The Bertz CT molecular complexity index is 279. The van der Waals surface area contributed by atoms with E-state index in [2.05, 4.69) is 4.98 Å². The molecule has 0 amide bonds. The zero-order valence-corrected chi connectivity index (χ0v) is 7.16. The van der Waals surface area contributed by atoms with Gasteiger partial charge in [-0.2, -0.15) is 4.98 Å². The SMILES string of the molecule is CN(C)c1nc(CC(=N)N)co1. The molecule has 0 aromatic carbocycles. The lowest BCUT2D eigenvalue weighted by molar-refractivity contribution is 0.555. The zero-order valence-electron chi connectivity index (χ0n) is 7.16. The first-order valence-corrected chi connectivity index (χ1v) is 3.54. The van der Waals surface area contributed by atoms with Crippen molar-refractivity contribution in [3.05, 3.63) is 12.0 Å². The summed E-state index contributed by atoms with van der Waals surface area (Å²) in [4.78, 5) is 5.84.